The van der Waals surface area contributed by atoms with Gasteiger partial charge in [-0.15, -0.1) is 0 Å². The van der Waals surface area contributed by atoms with Crippen LogP contribution in [0.15, 0.2) is 38.4 Å². The van der Waals surface area contributed by atoms with Crippen molar-refractivity contribution in [3.05, 3.63) is 44.0 Å². The Morgan fingerprint density at radius 3 is 2.39 bits per heavy atom. The zero-order valence-electron chi connectivity index (χ0n) is 16.4. The molecule has 1 unspecified atom stereocenters. The van der Waals surface area contributed by atoms with Crippen molar-refractivity contribution in [3.63, 3.8) is 0 Å². The quantitative estimate of drug-likeness (QED) is 0.275. The van der Waals surface area contributed by atoms with Gasteiger partial charge < -0.3 is 15.4 Å². The maximum Gasteiger partial charge on any atom is 0.337 e. The zero-order chi connectivity index (χ0) is 20.5. The second kappa shape index (κ2) is 11.7. The van der Waals surface area contributed by atoms with Crippen LogP contribution < -0.4 is 10.6 Å². The predicted molar refractivity (Wildman–Crippen MR) is 118 cm³/mol. The lowest BCUT2D eigenvalue weighted by Crippen LogP contribution is -2.30. The number of benzene rings is 1. The van der Waals surface area contributed by atoms with Gasteiger partial charge in [-0.1, -0.05) is 58.0 Å². The molecule has 1 amide bonds. The van der Waals surface area contributed by atoms with Crippen LogP contribution in [0.5, 0.6) is 0 Å². The smallest absolute Gasteiger partial charge is 0.337 e. The second-order valence-electron chi connectivity index (χ2n) is 7.03. The van der Waals surface area contributed by atoms with Gasteiger partial charge in [0.05, 0.1) is 18.2 Å². The highest BCUT2D eigenvalue weighted by atomic mass is 79.9. The summed E-state index contributed by atoms with van der Waals surface area (Å²) in [5, 5.41) is 5.91. The standard InChI is InChI=1S/C21H28Br2N2O3/c1-3-18(25-13-26)19(21(27)28-12-14-7-5-4-6-8-14)20(24-2)15-9-16(22)11-17(23)10-15/h9-11,13-14,20,24H,3-8,12H2,1-2H3,(H,25,26)/b19-18+. The summed E-state index contributed by atoms with van der Waals surface area (Å²) in [6.07, 6.45) is 6.99. The molecule has 2 N–H and O–H groups in total. The first kappa shape index (κ1) is 23.1. The molecule has 28 heavy (non-hydrogen) atoms. The average molecular weight is 516 g/mol. The first-order valence-corrected chi connectivity index (χ1v) is 11.3. The lowest BCUT2D eigenvalue weighted by atomic mass is 9.90. The number of carbonyl (C=O) groups excluding carboxylic acids is 2. The molecule has 5 nitrogen and oxygen atoms in total. The topological polar surface area (TPSA) is 67.4 Å². The van der Waals surface area contributed by atoms with Crippen molar-refractivity contribution in [1.29, 1.82) is 0 Å². The molecular weight excluding hydrogens is 488 g/mol. The van der Waals surface area contributed by atoms with Crippen LogP contribution in [0.3, 0.4) is 0 Å². The minimum absolute atomic E-state index is 0.382. The molecule has 1 fully saturated rings. The summed E-state index contributed by atoms with van der Waals surface area (Å²) in [7, 11) is 1.79. The number of carbonyl (C=O) groups is 2. The van der Waals surface area contributed by atoms with Crippen molar-refractivity contribution in [2.24, 2.45) is 5.92 Å². The number of amides is 1. The molecule has 0 spiro atoms. The molecule has 7 heteroatoms. The third-order valence-corrected chi connectivity index (χ3v) is 6.02. The molecule has 0 aliphatic heterocycles. The van der Waals surface area contributed by atoms with E-state index in [1.165, 1.54) is 19.3 Å². The molecule has 1 aromatic carbocycles. The van der Waals surface area contributed by atoms with E-state index in [-0.39, 0.29) is 5.97 Å². The van der Waals surface area contributed by atoms with Gasteiger partial charge in [0, 0.05) is 14.6 Å². The summed E-state index contributed by atoms with van der Waals surface area (Å²) < 4.78 is 7.51. The maximum atomic E-state index is 13.1. The molecule has 0 bridgehead atoms. The molecule has 0 radical (unpaired) electrons. The van der Waals surface area contributed by atoms with Gasteiger partial charge in [-0.2, -0.15) is 0 Å². The number of likely N-dealkylation sites (N-methyl/N-ethyl adjacent to an activating group) is 1. The van der Waals surface area contributed by atoms with Crippen LogP contribution in [-0.4, -0.2) is 26.0 Å². The molecule has 0 aromatic heterocycles. The van der Waals surface area contributed by atoms with E-state index in [2.05, 4.69) is 42.5 Å². The van der Waals surface area contributed by atoms with Crippen molar-refractivity contribution < 1.29 is 14.3 Å². The van der Waals surface area contributed by atoms with Crippen LogP contribution in [0.1, 0.15) is 57.1 Å². The summed E-state index contributed by atoms with van der Waals surface area (Å²) >= 11 is 7.00. The van der Waals surface area contributed by atoms with Crippen LogP contribution in [0.25, 0.3) is 0 Å². The van der Waals surface area contributed by atoms with Crippen LogP contribution in [0.4, 0.5) is 0 Å². The first-order chi connectivity index (χ1) is 13.5. The fraction of sp³-hybridized carbons (Fsp3) is 0.524. The normalized spacial score (nSPS) is 16.9. The van der Waals surface area contributed by atoms with E-state index < -0.39 is 6.04 Å². The molecule has 1 aromatic rings. The number of rotatable bonds is 9. The van der Waals surface area contributed by atoms with Crippen molar-refractivity contribution in [2.45, 2.75) is 51.5 Å². The molecule has 2 rings (SSSR count). The number of esters is 1. The van der Waals surface area contributed by atoms with Crippen molar-refractivity contribution in [3.8, 4) is 0 Å². The molecular formula is C21H28Br2N2O3. The zero-order valence-corrected chi connectivity index (χ0v) is 19.6. The highest BCUT2D eigenvalue weighted by molar-refractivity contribution is 9.11. The SMILES string of the molecule is CC/C(NC=O)=C(\C(=O)OCC1CCCCC1)C(NC)c1cc(Br)cc(Br)c1. The Bertz CT molecular complexity index is 695. The van der Waals surface area contributed by atoms with Crippen molar-refractivity contribution in [2.75, 3.05) is 13.7 Å². The van der Waals surface area contributed by atoms with E-state index in [9.17, 15) is 9.59 Å². The van der Waals surface area contributed by atoms with Crippen molar-refractivity contribution >= 4 is 44.2 Å². The maximum absolute atomic E-state index is 13.1. The summed E-state index contributed by atoms with van der Waals surface area (Å²) in [4.78, 5) is 24.2. The molecule has 0 saturated heterocycles. The van der Waals surface area contributed by atoms with Crippen LogP contribution in [0, 0.1) is 5.92 Å². The van der Waals surface area contributed by atoms with E-state index in [1.807, 2.05) is 25.1 Å². The van der Waals surface area contributed by atoms with E-state index >= 15 is 0 Å². The second-order valence-corrected chi connectivity index (χ2v) is 8.87. The minimum atomic E-state index is -0.407. The number of allylic oxidation sites excluding steroid dienone is 1. The Balaban J connectivity index is 2.33. The van der Waals surface area contributed by atoms with Gasteiger partial charge in [0.15, 0.2) is 0 Å². The Kier molecular flexibility index (Phi) is 9.68. The van der Waals surface area contributed by atoms with E-state index in [1.54, 1.807) is 7.05 Å². The average Bonchev–Trinajstić information content (AvgIpc) is 2.68. The van der Waals surface area contributed by atoms with Crippen LogP contribution in [0.2, 0.25) is 0 Å². The molecule has 1 saturated carbocycles. The van der Waals surface area contributed by atoms with Gasteiger partial charge in [0.25, 0.3) is 0 Å². The third kappa shape index (κ3) is 6.42. The van der Waals surface area contributed by atoms with Gasteiger partial charge >= 0.3 is 5.97 Å². The summed E-state index contributed by atoms with van der Waals surface area (Å²) in [5.74, 6) is 0.0447. The molecule has 0 heterocycles. The number of halogens is 2. The lowest BCUT2D eigenvalue weighted by Gasteiger charge is -2.25. The molecule has 1 aliphatic rings. The van der Waals surface area contributed by atoms with E-state index in [0.717, 1.165) is 27.4 Å². The van der Waals surface area contributed by atoms with E-state index in [4.69, 9.17) is 4.74 Å². The molecule has 1 aliphatic carbocycles. The largest absolute Gasteiger partial charge is 0.462 e. The minimum Gasteiger partial charge on any atom is -0.462 e. The predicted octanol–water partition coefficient (Wildman–Crippen LogP) is 5.01. The molecule has 154 valence electrons. The van der Waals surface area contributed by atoms with Crippen molar-refractivity contribution in [1.82, 2.24) is 10.6 Å². The van der Waals surface area contributed by atoms with E-state index in [0.29, 0.717) is 36.6 Å². The van der Waals surface area contributed by atoms with Gasteiger partial charge in [-0.25, -0.2) is 4.79 Å². The first-order valence-electron chi connectivity index (χ1n) is 9.73. The highest BCUT2D eigenvalue weighted by Crippen LogP contribution is 2.31. The Morgan fingerprint density at radius 1 is 1.21 bits per heavy atom. The monoisotopic (exact) mass is 514 g/mol. The van der Waals surface area contributed by atoms with Gasteiger partial charge in [-0.05, 0) is 56.0 Å². The number of ether oxygens (including phenoxy) is 1. The van der Waals surface area contributed by atoms with Crippen LogP contribution in [-0.2, 0) is 14.3 Å². The van der Waals surface area contributed by atoms with Gasteiger partial charge in [0.2, 0.25) is 6.41 Å². The lowest BCUT2D eigenvalue weighted by molar-refractivity contribution is -0.141. The number of nitrogens with one attached hydrogen (secondary N) is 2. The number of hydrogen-bond donors (Lipinski definition) is 2. The fourth-order valence-electron chi connectivity index (χ4n) is 3.70. The van der Waals surface area contributed by atoms with Gasteiger partial charge in [-0.3, -0.25) is 4.79 Å². The van der Waals surface area contributed by atoms with Gasteiger partial charge in [0.1, 0.15) is 0 Å². The number of hydrogen-bond acceptors (Lipinski definition) is 4. The highest BCUT2D eigenvalue weighted by Gasteiger charge is 2.28. The fourth-order valence-corrected chi connectivity index (χ4v) is 5.03. The van der Waals surface area contributed by atoms with Crippen LogP contribution >= 0.6 is 31.9 Å². The Morgan fingerprint density at radius 2 is 1.86 bits per heavy atom. The molecule has 1 atom stereocenters. The Labute approximate surface area is 183 Å². The summed E-state index contributed by atoms with van der Waals surface area (Å²) in [5.41, 5.74) is 1.91. The Hall–Kier alpha value is -1.18. The summed E-state index contributed by atoms with van der Waals surface area (Å²) in [6.45, 7) is 2.34. The third-order valence-electron chi connectivity index (χ3n) is 5.10. The summed E-state index contributed by atoms with van der Waals surface area (Å²) in [6, 6.07) is 5.43.